The van der Waals surface area contributed by atoms with Gasteiger partial charge in [-0.2, -0.15) is 0 Å². The number of thiophene rings is 1. The highest BCUT2D eigenvalue weighted by molar-refractivity contribution is 7.12. The van der Waals surface area contributed by atoms with E-state index in [0.717, 1.165) is 19.4 Å². The van der Waals surface area contributed by atoms with Gasteiger partial charge in [0, 0.05) is 26.7 Å². The maximum Gasteiger partial charge on any atom is 0.271 e. The summed E-state index contributed by atoms with van der Waals surface area (Å²) in [5.41, 5.74) is 0.129. The number of hydrogen-bond acceptors (Lipinski definition) is 6. The predicted octanol–water partition coefficient (Wildman–Crippen LogP) is 2.59. The topological polar surface area (TPSA) is 87.2 Å². The van der Waals surface area contributed by atoms with Crippen LogP contribution in [-0.2, 0) is 0 Å². The molecule has 0 aliphatic heterocycles. The Labute approximate surface area is 161 Å². The zero-order valence-electron chi connectivity index (χ0n) is 14.8. The molecule has 2 heterocycles. The summed E-state index contributed by atoms with van der Waals surface area (Å²) in [6, 6.07) is 3.56. The molecule has 140 valence electrons. The summed E-state index contributed by atoms with van der Waals surface area (Å²) >= 11 is 7.42. The second kappa shape index (κ2) is 10.1. The van der Waals surface area contributed by atoms with Crippen molar-refractivity contribution >= 4 is 40.7 Å². The van der Waals surface area contributed by atoms with E-state index < -0.39 is 5.91 Å². The molecule has 2 N–H and O–H groups in total. The van der Waals surface area contributed by atoms with E-state index in [2.05, 4.69) is 27.5 Å². The van der Waals surface area contributed by atoms with E-state index in [1.807, 2.05) is 23.4 Å². The summed E-state index contributed by atoms with van der Waals surface area (Å²) in [5, 5.41) is 7.48. The van der Waals surface area contributed by atoms with Gasteiger partial charge in [-0.25, -0.2) is 9.97 Å². The number of amides is 2. The Morgan fingerprint density at radius 2 is 2.00 bits per heavy atom. The van der Waals surface area contributed by atoms with Crippen molar-refractivity contribution in [3.63, 3.8) is 0 Å². The molecule has 0 aromatic carbocycles. The molecule has 7 nitrogen and oxygen atoms in total. The highest BCUT2D eigenvalue weighted by Crippen LogP contribution is 2.16. The molecule has 0 saturated carbocycles. The van der Waals surface area contributed by atoms with Crippen LogP contribution in [0.5, 0.6) is 0 Å². The molecule has 2 rings (SSSR count). The molecule has 2 aromatic heterocycles. The van der Waals surface area contributed by atoms with Crippen LogP contribution in [0.1, 0.15) is 39.9 Å². The van der Waals surface area contributed by atoms with Crippen molar-refractivity contribution in [1.82, 2.24) is 20.6 Å². The molecule has 0 unspecified atom stereocenters. The Morgan fingerprint density at radius 1 is 1.27 bits per heavy atom. The molecule has 2 aromatic rings. The van der Waals surface area contributed by atoms with Crippen molar-refractivity contribution in [3.8, 4) is 0 Å². The van der Waals surface area contributed by atoms with Gasteiger partial charge in [0.25, 0.3) is 11.8 Å². The van der Waals surface area contributed by atoms with E-state index in [1.54, 1.807) is 6.07 Å². The summed E-state index contributed by atoms with van der Waals surface area (Å²) in [7, 11) is 1.88. The number of nitrogens with one attached hydrogen (secondary N) is 2. The largest absolute Gasteiger partial charge is 0.350 e. The average Bonchev–Trinajstić information content (AvgIpc) is 3.18. The summed E-state index contributed by atoms with van der Waals surface area (Å²) in [5.74, 6) is -0.0962. The van der Waals surface area contributed by atoms with Gasteiger partial charge in [0.15, 0.2) is 5.69 Å². The number of carbonyl (C=O) groups is 2. The monoisotopic (exact) mass is 395 g/mol. The average molecular weight is 396 g/mol. The number of hydrogen-bond donors (Lipinski definition) is 2. The molecule has 0 fully saturated rings. The maximum absolute atomic E-state index is 12.3. The van der Waals surface area contributed by atoms with Crippen molar-refractivity contribution in [3.05, 3.63) is 39.3 Å². The van der Waals surface area contributed by atoms with Crippen molar-refractivity contribution in [2.24, 2.45) is 0 Å². The minimum Gasteiger partial charge on any atom is -0.350 e. The first-order chi connectivity index (χ1) is 12.5. The van der Waals surface area contributed by atoms with Crippen LogP contribution >= 0.6 is 22.9 Å². The molecular formula is C17H22ClN5O2S. The Balaban J connectivity index is 1.87. The van der Waals surface area contributed by atoms with E-state index in [-0.39, 0.29) is 23.2 Å². The molecule has 0 bridgehead atoms. The lowest BCUT2D eigenvalue weighted by Gasteiger charge is -2.17. The highest BCUT2D eigenvalue weighted by Gasteiger charge is 2.15. The van der Waals surface area contributed by atoms with Crippen LogP contribution in [0.4, 0.5) is 5.95 Å². The SMILES string of the molecule is CCCCN(C)c1ncc(Cl)c(C(=O)NCCNC(=O)c2cccs2)n1. The number of aromatic nitrogens is 2. The number of carbonyl (C=O) groups excluding carboxylic acids is 2. The third kappa shape index (κ3) is 5.67. The molecule has 0 atom stereocenters. The molecular weight excluding hydrogens is 374 g/mol. The lowest BCUT2D eigenvalue weighted by molar-refractivity contribution is 0.0927. The smallest absolute Gasteiger partial charge is 0.271 e. The Bertz CT molecular complexity index is 739. The van der Waals surface area contributed by atoms with Crippen LogP contribution in [0.15, 0.2) is 23.7 Å². The van der Waals surface area contributed by atoms with Gasteiger partial charge in [-0.05, 0) is 17.9 Å². The van der Waals surface area contributed by atoms with Gasteiger partial charge in [0.05, 0.1) is 16.1 Å². The van der Waals surface area contributed by atoms with Crippen LogP contribution in [0.25, 0.3) is 0 Å². The Kier molecular flexibility index (Phi) is 7.80. The fraction of sp³-hybridized carbons (Fsp3) is 0.412. The van der Waals surface area contributed by atoms with E-state index in [0.29, 0.717) is 17.4 Å². The van der Waals surface area contributed by atoms with Gasteiger partial charge in [-0.15, -0.1) is 11.3 Å². The summed E-state index contributed by atoms with van der Waals surface area (Å²) in [6.45, 7) is 3.49. The Hall–Kier alpha value is -2.19. The molecule has 9 heteroatoms. The first-order valence-corrected chi connectivity index (χ1v) is 9.62. The minimum absolute atomic E-state index is 0.129. The van der Waals surface area contributed by atoms with E-state index in [9.17, 15) is 9.59 Å². The summed E-state index contributed by atoms with van der Waals surface area (Å²) in [6.07, 6.45) is 3.50. The third-order valence-electron chi connectivity index (χ3n) is 3.58. The second-order valence-corrected chi connectivity index (χ2v) is 6.99. The third-order valence-corrected chi connectivity index (χ3v) is 4.72. The summed E-state index contributed by atoms with van der Waals surface area (Å²) in [4.78, 5) is 35.1. The Morgan fingerprint density at radius 3 is 2.65 bits per heavy atom. The highest BCUT2D eigenvalue weighted by atomic mass is 35.5. The first kappa shape index (κ1) is 20.1. The van der Waals surface area contributed by atoms with Gasteiger partial charge in [0.1, 0.15) is 0 Å². The first-order valence-electron chi connectivity index (χ1n) is 8.36. The van der Waals surface area contributed by atoms with Crippen molar-refractivity contribution in [2.45, 2.75) is 19.8 Å². The zero-order chi connectivity index (χ0) is 18.9. The van der Waals surface area contributed by atoms with Crippen LogP contribution in [0, 0.1) is 0 Å². The lowest BCUT2D eigenvalue weighted by Crippen LogP contribution is -2.35. The van der Waals surface area contributed by atoms with Gasteiger partial charge in [-0.1, -0.05) is 31.0 Å². The van der Waals surface area contributed by atoms with Crippen LogP contribution in [0.2, 0.25) is 5.02 Å². The van der Waals surface area contributed by atoms with Crippen molar-refractivity contribution in [1.29, 1.82) is 0 Å². The predicted molar refractivity (Wildman–Crippen MR) is 104 cm³/mol. The van der Waals surface area contributed by atoms with E-state index >= 15 is 0 Å². The van der Waals surface area contributed by atoms with Crippen molar-refractivity contribution < 1.29 is 9.59 Å². The van der Waals surface area contributed by atoms with Crippen LogP contribution < -0.4 is 15.5 Å². The summed E-state index contributed by atoms with van der Waals surface area (Å²) < 4.78 is 0. The molecule has 0 aliphatic rings. The molecule has 0 spiro atoms. The number of halogens is 1. The van der Waals surface area contributed by atoms with Gasteiger partial charge >= 0.3 is 0 Å². The van der Waals surface area contributed by atoms with Crippen LogP contribution in [0.3, 0.4) is 0 Å². The van der Waals surface area contributed by atoms with Gasteiger partial charge in [-0.3, -0.25) is 9.59 Å². The molecule has 2 amide bonds. The molecule has 0 saturated heterocycles. The second-order valence-electron chi connectivity index (χ2n) is 5.63. The minimum atomic E-state index is -0.395. The maximum atomic E-state index is 12.3. The molecule has 26 heavy (non-hydrogen) atoms. The van der Waals surface area contributed by atoms with E-state index in [1.165, 1.54) is 17.5 Å². The standard InChI is InChI=1S/C17H22ClN5O2S/c1-3-4-9-23(2)17-21-11-12(18)14(22-17)16(25)20-8-7-19-15(24)13-6-5-10-26-13/h5-6,10-11H,3-4,7-9H2,1-2H3,(H,19,24)(H,20,25). The fourth-order valence-electron chi connectivity index (χ4n) is 2.13. The lowest BCUT2D eigenvalue weighted by atomic mass is 10.3. The van der Waals surface area contributed by atoms with Gasteiger partial charge < -0.3 is 15.5 Å². The van der Waals surface area contributed by atoms with Crippen LogP contribution in [-0.4, -0.2) is 48.5 Å². The zero-order valence-corrected chi connectivity index (χ0v) is 16.4. The van der Waals surface area contributed by atoms with Crippen molar-refractivity contribution in [2.75, 3.05) is 31.6 Å². The molecule has 0 radical (unpaired) electrons. The quantitative estimate of drug-likeness (QED) is 0.637. The normalized spacial score (nSPS) is 10.4. The van der Waals surface area contributed by atoms with E-state index in [4.69, 9.17) is 11.6 Å². The number of nitrogens with zero attached hydrogens (tertiary/aromatic N) is 3. The number of anilines is 1. The fourth-order valence-corrected chi connectivity index (χ4v) is 2.94. The number of rotatable bonds is 9. The van der Waals surface area contributed by atoms with Gasteiger partial charge in [0.2, 0.25) is 5.95 Å². The number of unbranched alkanes of at least 4 members (excludes halogenated alkanes) is 1. The molecule has 0 aliphatic carbocycles.